The first kappa shape index (κ1) is 15.5. The van der Waals surface area contributed by atoms with E-state index in [0.717, 1.165) is 11.3 Å². The molecule has 3 N–H and O–H groups in total. The molecule has 0 bridgehead atoms. The van der Waals surface area contributed by atoms with Gasteiger partial charge in [0, 0.05) is 13.1 Å². The van der Waals surface area contributed by atoms with Gasteiger partial charge in [-0.15, -0.1) is 0 Å². The van der Waals surface area contributed by atoms with Crippen molar-refractivity contribution >= 4 is 0 Å². The van der Waals surface area contributed by atoms with Gasteiger partial charge >= 0.3 is 0 Å². The van der Waals surface area contributed by atoms with E-state index >= 15 is 0 Å². The molecule has 0 aliphatic heterocycles. The maximum absolute atomic E-state index is 9.97. The van der Waals surface area contributed by atoms with Gasteiger partial charge in [0.05, 0.1) is 6.10 Å². The fourth-order valence-corrected chi connectivity index (χ4v) is 1.95. The summed E-state index contributed by atoms with van der Waals surface area (Å²) < 4.78 is 5.46. The lowest BCUT2D eigenvalue weighted by Crippen LogP contribution is -2.33. The molecule has 0 aliphatic rings. The minimum atomic E-state index is -0.617. The average Bonchev–Trinajstić information content (AvgIpc) is 2.54. The van der Waals surface area contributed by atoms with Crippen LogP contribution in [0.2, 0.25) is 0 Å². The lowest BCUT2D eigenvalue weighted by atomic mass is 10.1. The van der Waals surface area contributed by atoms with Crippen LogP contribution in [0.3, 0.4) is 0 Å². The van der Waals surface area contributed by atoms with Crippen molar-refractivity contribution in [3.05, 3.63) is 66.2 Å². The molecule has 0 heterocycles. The van der Waals surface area contributed by atoms with Crippen LogP contribution in [0, 0.1) is 0 Å². The van der Waals surface area contributed by atoms with Crippen molar-refractivity contribution in [1.29, 1.82) is 0 Å². The molecule has 2 unspecified atom stereocenters. The third kappa shape index (κ3) is 5.55. The number of nitrogens with one attached hydrogen (secondary N) is 1. The molecule has 2 atom stereocenters. The van der Waals surface area contributed by atoms with Crippen molar-refractivity contribution in [2.24, 2.45) is 0 Å². The van der Waals surface area contributed by atoms with Gasteiger partial charge in [-0.1, -0.05) is 48.5 Å². The molecule has 2 aromatic rings. The second-order valence-corrected chi connectivity index (χ2v) is 4.86. The maximum atomic E-state index is 9.97. The zero-order valence-corrected chi connectivity index (χ0v) is 11.9. The van der Waals surface area contributed by atoms with Crippen molar-refractivity contribution in [3.8, 4) is 5.75 Å². The van der Waals surface area contributed by atoms with E-state index in [1.54, 1.807) is 0 Å². The highest BCUT2D eigenvalue weighted by Gasteiger charge is 2.09. The van der Waals surface area contributed by atoms with Crippen LogP contribution in [0.15, 0.2) is 60.7 Å². The summed E-state index contributed by atoms with van der Waals surface area (Å²) >= 11 is 0. The van der Waals surface area contributed by atoms with Gasteiger partial charge in [0.2, 0.25) is 0 Å². The molecule has 4 nitrogen and oxygen atoms in total. The second kappa shape index (κ2) is 8.42. The van der Waals surface area contributed by atoms with E-state index in [1.165, 1.54) is 0 Å². The van der Waals surface area contributed by atoms with Crippen molar-refractivity contribution in [2.45, 2.75) is 12.2 Å². The fraction of sp³-hybridized carbons (Fsp3) is 0.294. The summed E-state index contributed by atoms with van der Waals surface area (Å²) in [6, 6.07) is 18.8. The SMILES string of the molecule is OC(CNCC(O)c1ccccc1)COc1ccccc1. The number of aliphatic hydroxyl groups excluding tert-OH is 2. The molecule has 2 rings (SSSR count). The summed E-state index contributed by atoms with van der Waals surface area (Å²) in [5.41, 5.74) is 0.861. The monoisotopic (exact) mass is 287 g/mol. The standard InChI is InChI=1S/C17H21NO3/c19-15(13-21-16-9-5-2-6-10-16)11-18-12-17(20)14-7-3-1-4-8-14/h1-10,15,17-20H,11-13H2. The van der Waals surface area contributed by atoms with Crippen molar-refractivity contribution < 1.29 is 14.9 Å². The van der Waals surface area contributed by atoms with Gasteiger partial charge in [0.25, 0.3) is 0 Å². The molecule has 0 spiro atoms. The van der Waals surface area contributed by atoms with Gasteiger partial charge < -0.3 is 20.3 Å². The highest BCUT2D eigenvalue weighted by Crippen LogP contribution is 2.10. The van der Waals surface area contributed by atoms with Crippen LogP contribution in [0.4, 0.5) is 0 Å². The molecule has 0 radical (unpaired) electrons. The maximum Gasteiger partial charge on any atom is 0.119 e. The predicted molar refractivity (Wildman–Crippen MR) is 82.2 cm³/mol. The molecule has 4 heteroatoms. The number of rotatable bonds is 8. The van der Waals surface area contributed by atoms with Crippen LogP contribution in [0.1, 0.15) is 11.7 Å². The van der Waals surface area contributed by atoms with Gasteiger partial charge in [0.15, 0.2) is 0 Å². The highest BCUT2D eigenvalue weighted by molar-refractivity contribution is 5.21. The molecule has 0 saturated heterocycles. The molecule has 0 saturated carbocycles. The van der Waals surface area contributed by atoms with E-state index in [2.05, 4.69) is 5.32 Å². The summed E-state index contributed by atoms with van der Waals surface area (Å²) in [7, 11) is 0. The number of hydrogen-bond acceptors (Lipinski definition) is 4. The zero-order chi connectivity index (χ0) is 14.9. The number of aliphatic hydroxyl groups is 2. The summed E-state index contributed by atoms with van der Waals surface area (Å²) in [5, 5.41) is 22.8. The largest absolute Gasteiger partial charge is 0.491 e. The van der Waals surface area contributed by atoms with E-state index in [0.29, 0.717) is 13.1 Å². The Morgan fingerprint density at radius 3 is 2.14 bits per heavy atom. The van der Waals surface area contributed by atoms with Crippen molar-refractivity contribution in [3.63, 3.8) is 0 Å². The Balaban J connectivity index is 1.64. The van der Waals surface area contributed by atoms with Crippen LogP contribution < -0.4 is 10.1 Å². The van der Waals surface area contributed by atoms with Gasteiger partial charge in [-0.3, -0.25) is 0 Å². The Hall–Kier alpha value is -1.88. The minimum absolute atomic E-state index is 0.221. The Morgan fingerprint density at radius 2 is 1.48 bits per heavy atom. The first-order valence-electron chi connectivity index (χ1n) is 7.05. The van der Waals surface area contributed by atoms with Crippen molar-refractivity contribution in [2.75, 3.05) is 19.7 Å². The normalized spacial score (nSPS) is 13.6. The summed E-state index contributed by atoms with van der Waals surface area (Å²) in [6.07, 6.45) is -1.19. The Labute approximate surface area is 125 Å². The van der Waals surface area contributed by atoms with Crippen molar-refractivity contribution in [1.82, 2.24) is 5.32 Å². The number of para-hydroxylation sites is 1. The smallest absolute Gasteiger partial charge is 0.119 e. The topological polar surface area (TPSA) is 61.7 Å². The molecular weight excluding hydrogens is 266 g/mol. The van der Waals surface area contributed by atoms with E-state index in [-0.39, 0.29) is 6.61 Å². The third-order valence-electron chi connectivity index (χ3n) is 3.09. The predicted octanol–water partition coefficient (Wildman–Crippen LogP) is 1.75. The minimum Gasteiger partial charge on any atom is -0.491 e. The first-order chi connectivity index (χ1) is 10.3. The average molecular weight is 287 g/mol. The van der Waals surface area contributed by atoms with Crippen LogP contribution >= 0.6 is 0 Å². The van der Waals surface area contributed by atoms with Crippen LogP contribution in [-0.4, -0.2) is 36.0 Å². The fourth-order valence-electron chi connectivity index (χ4n) is 1.95. The van der Waals surface area contributed by atoms with Gasteiger partial charge in [-0.25, -0.2) is 0 Å². The Kier molecular flexibility index (Phi) is 6.22. The summed E-state index contributed by atoms with van der Waals surface area (Å²) in [4.78, 5) is 0. The van der Waals surface area contributed by atoms with E-state index in [9.17, 15) is 10.2 Å². The summed E-state index contributed by atoms with van der Waals surface area (Å²) in [5.74, 6) is 0.737. The van der Waals surface area contributed by atoms with Crippen LogP contribution in [0.25, 0.3) is 0 Å². The number of benzene rings is 2. The van der Waals surface area contributed by atoms with Gasteiger partial charge in [0.1, 0.15) is 18.5 Å². The zero-order valence-electron chi connectivity index (χ0n) is 11.9. The highest BCUT2D eigenvalue weighted by atomic mass is 16.5. The molecule has 112 valence electrons. The second-order valence-electron chi connectivity index (χ2n) is 4.86. The first-order valence-corrected chi connectivity index (χ1v) is 7.05. The van der Waals surface area contributed by atoms with Gasteiger partial charge in [-0.2, -0.15) is 0 Å². The number of ether oxygens (including phenoxy) is 1. The molecule has 0 fully saturated rings. The number of hydrogen-bond donors (Lipinski definition) is 3. The Bertz CT molecular complexity index is 504. The van der Waals surface area contributed by atoms with E-state index < -0.39 is 12.2 Å². The molecule has 0 aromatic heterocycles. The third-order valence-corrected chi connectivity index (χ3v) is 3.09. The molecule has 2 aromatic carbocycles. The molecule has 21 heavy (non-hydrogen) atoms. The van der Waals surface area contributed by atoms with Gasteiger partial charge in [-0.05, 0) is 17.7 Å². The quantitative estimate of drug-likeness (QED) is 0.692. The van der Waals surface area contributed by atoms with E-state index in [1.807, 2.05) is 60.7 Å². The summed E-state index contributed by atoms with van der Waals surface area (Å²) in [6.45, 7) is 0.988. The lowest BCUT2D eigenvalue weighted by Gasteiger charge is -2.15. The molecule has 0 amide bonds. The molecule has 0 aliphatic carbocycles. The van der Waals surface area contributed by atoms with Crippen LogP contribution in [0.5, 0.6) is 5.75 Å². The van der Waals surface area contributed by atoms with E-state index in [4.69, 9.17) is 4.74 Å². The molecular formula is C17H21NO3. The van der Waals surface area contributed by atoms with Crippen LogP contribution in [-0.2, 0) is 0 Å². The Morgan fingerprint density at radius 1 is 0.857 bits per heavy atom. The lowest BCUT2D eigenvalue weighted by molar-refractivity contribution is 0.0996.